The molecule has 3 rings (SSSR count). The SMILES string of the molecule is COC1=C(Oc2cccc(C(F)(F)F)c2)c2c(C)cc(OC)nc2C(N)([N+](=O)[O-])C1. The van der Waals surface area contributed by atoms with Gasteiger partial charge >= 0.3 is 11.8 Å². The molecule has 0 radical (unpaired) electrons. The fourth-order valence-electron chi connectivity index (χ4n) is 3.17. The Kier molecular flexibility index (Phi) is 5.33. The maximum absolute atomic E-state index is 13.1. The molecule has 0 saturated heterocycles. The fourth-order valence-corrected chi connectivity index (χ4v) is 3.17. The van der Waals surface area contributed by atoms with Crippen LogP contribution >= 0.6 is 0 Å². The van der Waals surface area contributed by atoms with Crippen LogP contribution in [0.5, 0.6) is 11.6 Å². The molecule has 30 heavy (non-hydrogen) atoms. The number of pyridine rings is 1. The molecule has 2 N–H and O–H groups in total. The molecule has 1 aromatic carbocycles. The largest absolute Gasteiger partial charge is 0.497 e. The van der Waals surface area contributed by atoms with Gasteiger partial charge in [-0.1, -0.05) is 6.07 Å². The molecule has 0 spiro atoms. The molecule has 160 valence electrons. The van der Waals surface area contributed by atoms with Gasteiger partial charge in [-0.15, -0.1) is 0 Å². The van der Waals surface area contributed by atoms with Gasteiger partial charge in [0.05, 0.1) is 25.3 Å². The van der Waals surface area contributed by atoms with Crippen molar-refractivity contribution in [2.45, 2.75) is 25.2 Å². The maximum atomic E-state index is 13.1. The summed E-state index contributed by atoms with van der Waals surface area (Å²) in [6.07, 6.45) is -4.98. The second-order valence-corrected chi connectivity index (χ2v) is 6.65. The highest BCUT2D eigenvalue weighted by Crippen LogP contribution is 2.43. The van der Waals surface area contributed by atoms with Gasteiger partial charge < -0.3 is 14.2 Å². The van der Waals surface area contributed by atoms with Crippen LogP contribution in [0.15, 0.2) is 36.1 Å². The maximum Gasteiger partial charge on any atom is 0.416 e. The number of hydrogen-bond donors (Lipinski definition) is 1. The first kappa shape index (κ1) is 21.4. The third-order valence-corrected chi connectivity index (χ3v) is 4.68. The highest BCUT2D eigenvalue weighted by atomic mass is 19.4. The van der Waals surface area contributed by atoms with Gasteiger partial charge in [0.1, 0.15) is 23.6 Å². The van der Waals surface area contributed by atoms with E-state index in [0.717, 1.165) is 12.1 Å². The zero-order chi connectivity index (χ0) is 22.3. The van der Waals surface area contributed by atoms with E-state index in [9.17, 15) is 23.3 Å². The first-order valence-electron chi connectivity index (χ1n) is 8.63. The molecule has 1 aliphatic carbocycles. The van der Waals surface area contributed by atoms with Crippen LogP contribution < -0.4 is 15.2 Å². The van der Waals surface area contributed by atoms with Crippen molar-refractivity contribution in [3.63, 3.8) is 0 Å². The number of hydrogen-bond acceptors (Lipinski definition) is 7. The minimum atomic E-state index is -4.56. The Morgan fingerprint density at radius 3 is 2.50 bits per heavy atom. The predicted octanol–water partition coefficient (Wildman–Crippen LogP) is 3.60. The highest BCUT2D eigenvalue weighted by molar-refractivity contribution is 5.72. The van der Waals surface area contributed by atoms with Gasteiger partial charge in [0.25, 0.3) is 0 Å². The zero-order valence-corrected chi connectivity index (χ0v) is 16.2. The van der Waals surface area contributed by atoms with Gasteiger partial charge in [-0.2, -0.15) is 13.2 Å². The van der Waals surface area contributed by atoms with E-state index >= 15 is 0 Å². The summed E-state index contributed by atoms with van der Waals surface area (Å²) in [5.41, 5.74) is 3.52. The van der Waals surface area contributed by atoms with Gasteiger partial charge in [-0.05, 0) is 30.7 Å². The molecule has 0 saturated carbocycles. The Bertz CT molecular complexity index is 1040. The number of methoxy groups -OCH3 is 2. The Morgan fingerprint density at radius 1 is 1.23 bits per heavy atom. The third-order valence-electron chi connectivity index (χ3n) is 4.68. The van der Waals surface area contributed by atoms with Crippen LogP contribution in [0.4, 0.5) is 13.2 Å². The first-order valence-corrected chi connectivity index (χ1v) is 8.63. The van der Waals surface area contributed by atoms with E-state index < -0.39 is 28.7 Å². The van der Waals surface area contributed by atoms with Crippen molar-refractivity contribution < 1.29 is 32.3 Å². The molecule has 11 heteroatoms. The predicted molar refractivity (Wildman–Crippen MR) is 99.0 cm³/mol. The average molecular weight is 425 g/mol. The second kappa shape index (κ2) is 7.48. The average Bonchev–Trinajstić information content (AvgIpc) is 2.69. The summed E-state index contributed by atoms with van der Waals surface area (Å²) in [4.78, 5) is 15.2. The van der Waals surface area contributed by atoms with Crippen molar-refractivity contribution in [2.75, 3.05) is 14.2 Å². The van der Waals surface area contributed by atoms with Crippen molar-refractivity contribution in [1.82, 2.24) is 4.98 Å². The van der Waals surface area contributed by atoms with E-state index in [0.29, 0.717) is 5.56 Å². The molecule has 1 atom stereocenters. The van der Waals surface area contributed by atoms with E-state index in [1.165, 1.54) is 32.4 Å². The van der Waals surface area contributed by atoms with Crippen LogP contribution in [0.25, 0.3) is 5.76 Å². The molecular weight excluding hydrogens is 407 g/mol. The number of nitro groups is 1. The molecule has 1 unspecified atom stereocenters. The Morgan fingerprint density at radius 2 is 1.93 bits per heavy atom. The van der Waals surface area contributed by atoms with Gasteiger partial charge in [0, 0.05) is 11.0 Å². The van der Waals surface area contributed by atoms with Crippen molar-refractivity contribution >= 4 is 5.76 Å². The molecule has 1 heterocycles. The summed E-state index contributed by atoms with van der Waals surface area (Å²) in [5.74, 6) is -0.0139. The summed E-state index contributed by atoms with van der Waals surface area (Å²) < 4.78 is 55.3. The molecule has 0 aliphatic heterocycles. The van der Waals surface area contributed by atoms with E-state index in [2.05, 4.69) is 4.98 Å². The van der Waals surface area contributed by atoms with E-state index in [-0.39, 0.29) is 34.4 Å². The molecule has 0 bridgehead atoms. The number of aryl methyl sites for hydroxylation is 1. The lowest BCUT2D eigenvalue weighted by Gasteiger charge is -2.30. The Balaban J connectivity index is 2.20. The van der Waals surface area contributed by atoms with Crippen LogP contribution in [-0.2, 0) is 16.6 Å². The lowest BCUT2D eigenvalue weighted by molar-refractivity contribution is -0.580. The third kappa shape index (κ3) is 3.63. The summed E-state index contributed by atoms with van der Waals surface area (Å²) >= 11 is 0. The molecule has 0 fully saturated rings. The molecule has 1 aromatic heterocycles. The van der Waals surface area contributed by atoms with Crippen LogP contribution in [0.1, 0.15) is 28.8 Å². The van der Waals surface area contributed by atoms with E-state index in [1.807, 2.05) is 0 Å². The number of rotatable bonds is 5. The van der Waals surface area contributed by atoms with Gasteiger partial charge in [0.15, 0.2) is 5.76 Å². The van der Waals surface area contributed by atoms with Gasteiger partial charge in [0.2, 0.25) is 5.88 Å². The number of halogens is 3. The number of fused-ring (bicyclic) bond motifs is 1. The van der Waals surface area contributed by atoms with Gasteiger partial charge in [-0.3, -0.25) is 15.8 Å². The zero-order valence-electron chi connectivity index (χ0n) is 16.2. The minimum Gasteiger partial charge on any atom is -0.497 e. The number of ether oxygens (including phenoxy) is 3. The van der Waals surface area contributed by atoms with Gasteiger partial charge in [-0.25, -0.2) is 4.98 Å². The summed E-state index contributed by atoms with van der Waals surface area (Å²) in [6.45, 7) is 1.62. The molecule has 0 amide bonds. The smallest absolute Gasteiger partial charge is 0.416 e. The number of nitrogens with two attached hydrogens (primary N) is 1. The summed E-state index contributed by atoms with van der Waals surface area (Å²) in [7, 11) is 2.61. The van der Waals surface area contributed by atoms with Crippen LogP contribution in [-0.4, -0.2) is 24.1 Å². The van der Waals surface area contributed by atoms with E-state index in [1.54, 1.807) is 6.92 Å². The standard InChI is InChI=1S/C19H18F3N3O5/c1-10-7-14(29-3)24-17-15(10)16(13(28-2)9-18(17,23)25(26)27)30-12-6-4-5-11(8-12)19(20,21)22/h4-8H,9,23H2,1-3H3. The normalized spacial score (nSPS) is 18.6. The highest BCUT2D eigenvalue weighted by Gasteiger charge is 2.51. The fraction of sp³-hybridized carbons (Fsp3) is 0.316. The quantitative estimate of drug-likeness (QED) is 0.443. The topological polar surface area (TPSA) is 110 Å². The Hall–Kier alpha value is -3.34. The monoisotopic (exact) mass is 425 g/mol. The summed E-state index contributed by atoms with van der Waals surface area (Å²) in [5, 5.41) is 11.8. The first-order chi connectivity index (χ1) is 14.0. The number of alkyl halides is 3. The molecule has 8 nitrogen and oxygen atoms in total. The number of nitrogens with zero attached hydrogens (tertiary/aromatic N) is 2. The summed E-state index contributed by atoms with van der Waals surface area (Å²) in [6, 6.07) is 5.76. The van der Waals surface area contributed by atoms with Crippen molar-refractivity contribution in [2.24, 2.45) is 5.73 Å². The van der Waals surface area contributed by atoms with Crippen molar-refractivity contribution in [3.8, 4) is 11.6 Å². The van der Waals surface area contributed by atoms with Crippen molar-refractivity contribution in [3.05, 3.63) is 68.6 Å². The second-order valence-electron chi connectivity index (χ2n) is 6.65. The van der Waals surface area contributed by atoms with Crippen LogP contribution in [0.2, 0.25) is 0 Å². The van der Waals surface area contributed by atoms with E-state index in [4.69, 9.17) is 19.9 Å². The molecule has 1 aliphatic rings. The van der Waals surface area contributed by atoms with Crippen molar-refractivity contribution in [1.29, 1.82) is 0 Å². The number of benzene rings is 1. The lowest BCUT2D eigenvalue weighted by atomic mass is 9.87. The molecule has 2 aromatic rings. The Labute approximate surface area is 169 Å². The minimum absolute atomic E-state index is 0.00222. The van der Waals surface area contributed by atoms with Crippen LogP contribution in [0, 0.1) is 17.0 Å². The lowest BCUT2D eigenvalue weighted by Crippen LogP contribution is -2.48. The number of aromatic nitrogens is 1. The molecular formula is C19H18F3N3O5. The van der Waals surface area contributed by atoms with Crippen LogP contribution in [0.3, 0.4) is 0 Å².